The van der Waals surface area contributed by atoms with Crippen LogP contribution in [0.4, 0.5) is 0 Å². The molecule has 1 aliphatic rings. The van der Waals surface area contributed by atoms with Gasteiger partial charge in [-0.05, 0) is 36.2 Å². The maximum atomic E-state index is 10.5. The molecular formula is C10H16O2S. The fraction of sp³-hybridized carbons (Fsp3) is 0.700. The van der Waals surface area contributed by atoms with Crippen molar-refractivity contribution in [3.8, 4) is 0 Å². The van der Waals surface area contributed by atoms with Gasteiger partial charge in [0.05, 0.1) is 6.42 Å². The predicted octanol–water partition coefficient (Wildman–Crippen LogP) is 2.55. The van der Waals surface area contributed by atoms with Gasteiger partial charge in [0.1, 0.15) is 0 Å². The normalized spacial score (nSPS) is 18.2. The van der Waals surface area contributed by atoms with Gasteiger partial charge in [0.15, 0.2) is 0 Å². The van der Waals surface area contributed by atoms with Crippen molar-refractivity contribution in [3.05, 3.63) is 12.7 Å². The van der Waals surface area contributed by atoms with Gasteiger partial charge in [-0.15, -0.1) is 6.58 Å². The molecule has 0 radical (unpaired) electrons. The van der Waals surface area contributed by atoms with E-state index in [9.17, 15) is 4.79 Å². The standard InChI is InChI=1S/C10H16O2S/c1-2-3-6-13-8-10(4-5-10)7-9(11)12/h2H,1,3-8H2,(H,11,12). The highest BCUT2D eigenvalue weighted by Crippen LogP contribution is 2.50. The summed E-state index contributed by atoms with van der Waals surface area (Å²) in [5, 5.41) is 8.67. The number of carboxylic acid groups (broad SMARTS) is 1. The van der Waals surface area contributed by atoms with Crippen molar-refractivity contribution >= 4 is 17.7 Å². The highest BCUT2D eigenvalue weighted by Gasteiger charge is 2.43. The second-order valence-corrected chi connectivity index (χ2v) is 4.81. The summed E-state index contributed by atoms with van der Waals surface area (Å²) in [6.45, 7) is 3.65. The molecule has 0 unspecified atom stereocenters. The zero-order valence-electron chi connectivity index (χ0n) is 7.79. The Bertz CT molecular complexity index is 197. The number of allylic oxidation sites excluding steroid dienone is 1. The molecule has 1 rings (SSSR count). The van der Waals surface area contributed by atoms with E-state index in [4.69, 9.17) is 5.11 Å². The van der Waals surface area contributed by atoms with E-state index >= 15 is 0 Å². The summed E-state index contributed by atoms with van der Waals surface area (Å²) in [4.78, 5) is 10.5. The zero-order chi connectivity index (χ0) is 9.73. The summed E-state index contributed by atoms with van der Waals surface area (Å²) in [6.07, 6.45) is 5.48. The average molecular weight is 200 g/mol. The molecule has 0 atom stereocenters. The summed E-state index contributed by atoms with van der Waals surface area (Å²) in [5.41, 5.74) is 0.150. The molecule has 0 aromatic carbocycles. The van der Waals surface area contributed by atoms with Gasteiger partial charge in [-0.25, -0.2) is 0 Å². The first-order chi connectivity index (χ1) is 6.18. The molecule has 0 saturated heterocycles. The first kappa shape index (κ1) is 10.6. The van der Waals surface area contributed by atoms with Crippen LogP contribution >= 0.6 is 11.8 Å². The van der Waals surface area contributed by atoms with Crippen LogP contribution in [0.3, 0.4) is 0 Å². The minimum Gasteiger partial charge on any atom is -0.481 e. The molecule has 1 N–H and O–H groups in total. The van der Waals surface area contributed by atoms with Gasteiger partial charge in [-0.3, -0.25) is 4.79 Å². The summed E-state index contributed by atoms with van der Waals surface area (Å²) in [7, 11) is 0. The molecule has 13 heavy (non-hydrogen) atoms. The van der Waals surface area contributed by atoms with Crippen molar-refractivity contribution in [3.63, 3.8) is 0 Å². The molecule has 0 aromatic heterocycles. The van der Waals surface area contributed by atoms with Crippen molar-refractivity contribution in [2.75, 3.05) is 11.5 Å². The van der Waals surface area contributed by atoms with Crippen LogP contribution < -0.4 is 0 Å². The monoisotopic (exact) mass is 200 g/mol. The third-order valence-electron chi connectivity index (χ3n) is 2.36. The molecule has 1 aliphatic carbocycles. The summed E-state index contributed by atoms with van der Waals surface area (Å²) in [5.74, 6) is 1.43. The first-order valence-electron chi connectivity index (χ1n) is 4.59. The number of thioether (sulfide) groups is 1. The van der Waals surface area contributed by atoms with Crippen LogP contribution in [0.1, 0.15) is 25.7 Å². The Morgan fingerprint density at radius 1 is 1.62 bits per heavy atom. The summed E-state index contributed by atoms with van der Waals surface area (Å²) < 4.78 is 0. The van der Waals surface area contributed by atoms with Gasteiger partial charge in [-0.1, -0.05) is 6.08 Å². The van der Waals surface area contributed by atoms with Crippen LogP contribution in [0, 0.1) is 5.41 Å². The number of aliphatic carboxylic acids is 1. The topological polar surface area (TPSA) is 37.3 Å². The van der Waals surface area contributed by atoms with Gasteiger partial charge in [0, 0.05) is 0 Å². The number of rotatable bonds is 7. The predicted molar refractivity (Wildman–Crippen MR) is 56.1 cm³/mol. The van der Waals surface area contributed by atoms with Gasteiger partial charge < -0.3 is 5.11 Å². The molecule has 0 aliphatic heterocycles. The van der Waals surface area contributed by atoms with Crippen molar-refractivity contribution < 1.29 is 9.90 Å². The Labute approximate surface area is 83.4 Å². The van der Waals surface area contributed by atoms with Gasteiger partial charge >= 0.3 is 5.97 Å². The van der Waals surface area contributed by atoms with E-state index in [1.807, 2.05) is 17.8 Å². The van der Waals surface area contributed by atoms with Gasteiger partial charge in [-0.2, -0.15) is 11.8 Å². The van der Waals surface area contributed by atoms with Crippen LogP contribution in [0.2, 0.25) is 0 Å². The van der Waals surface area contributed by atoms with Crippen molar-refractivity contribution in [1.82, 2.24) is 0 Å². The lowest BCUT2D eigenvalue weighted by Crippen LogP contribution is -2.11. The lowest BCUT2D eigenvalue weighted by atomic mass is 10.1. The number of carboxylic acids is 1. The van der Waals surface area contributed by atoms with E-state index in [-0.39, 0.29) is 5.41 Å². The van der Waals surface area contributed by atoms with Crippen molar-refractivity contribution in [2.24, 2.45) is 5.41 Å². The lowest BCUT2D eigenvalue weighted by Gasteiger charge is -2.10. The number of hydrogen-bond donors (Lipinski definition) is 1. The third kappa shape index (κ3) is 3.85. The Balaban J connectivity index is 2.12. The lowest BCUT2D eigenvalue weighted by molar-refractivity contribution is -0.138. The van der Waals surface area contributed by atoms with Crippen LogP contribution in [0.25, 0.3) is 0 Å². The minimum atomic E-state index is -0.651. The van der Waals surface area contributed by atoms with E-state index in [0.29, 0.717) is 6.42 Å². The Morgan fingerprint density at radius 3 is 2.77 bits per heavy atom. The van der Waals surface area contributed by atoms with Crippen molar-refractivity contribution in [2.45, 2.75) is 25.7 Å². The molecule has 0 bridgehead atoms. The maximum Gasteiger partial charge on any atom is 0.303 e. The molecule has 0 aromatic rings. The minimum absolute atomic E-state index is 0.150. The van der Waals surface area contributed by atoms with E-state index in [2.05, 4.69) is 6.58 Å². The average Bonchev–Trinajstić information content (AvgIpc) is 2.78. The quantitative estimate of drug-likeness (QED) is 0.507. The van der Waals surface area contributed by atoms with Crippen LogP contribution in [-0.2, 0) is 4.79 Å². The van der Waals surface area contributed by atoms with Gasteiger partial charge in [0.25, 0.3) is 0 Å². The molecule has 0 amide bonds. The zero-order valence-corrected chi connectivity index (χ0v) is 8.61. The van der Waals surface area contributed by atoms with Crippen LogP contribution in [0.5, 0.6) is 0 Å². The van der Waals surface area contributed by atoms with Crippen LogP contribution in [0.15, 0.2) is 12.7 Å². The molecule has 3 heteroatoms. The Kier molecular flexibility index (Phi) is 3.85. The molecule has 0 heterocycles. The fourth-order valence-corrected chi connectivity index (χ4v) is 2.63. The second-order valence-electron chi connectivity index (χ2n) is 3.70. The summed E-state index contributed by atoms with van der Waals surface area (Å²) >= 11 is 1.85. The van der Waals surface area contributed by atoms with Gasteiger partial charge in [0.2, 0.25) is 0 Å². The highest BCUT2D eigenvalue weighted by molar-refractivity contribution is 7.99. The number of hydrogen-bond acceptors (Lipinski definition) is 2. The third-order valence-corrected chi connectivity index (χ3v) is 3.70. The Hall–Kier alpha value is -0.440. The summed E-state index contributed by atoms with van der Waals surface area (Å²) in [6, 6.07) is 0. The van der Waals surface area contributed by atoms with Crippen LogP contribution in [-0.4, -0.2) is 22.6 Å². The first-order valence-corrected chi connectivity index (χ1v) is 5.74. The van der Waals surface area contributed by atoms with E-state index in [1.165, 1.54) is 0 Å². The molecule has 74 valence electrons. The smallest absolute Gasteiger partial charge is 0.303 e. The molecule has 1 fully saturated rings. The maximum absolute atomic E-state index is 10.5. The SMILES string of the molecule is C=CCCSCC1(CC(=O)O)CC1. The van der Waals surface area contributed by atoms with E-state index in [0.717, 1.165) is 30.8 Å². The van der Waals surface area contributed by atoms with E-state index < -0.39 is 5.97 Å². The fourth-order valence-electron chi connectivity index (χ4n) is 1.33. The largest absolute Gasteiger partial charge is 0.481 e. The Morgan fingerprint density at radius 2 is 2.31 bits per heavy atom. The van der Waals surface area contributed by atoms with Crippen molar-refractivity contribution in [1.29, 1.82) is 0 Å². The molecule has 1 saturated carbocycles. The van der Waals surface area contributed by atoms with E-state index in [1.54, 1.807) is 0 Å². The number of carbonyl (C=O) groups is 1. The highest BCUT2D eigenvalue weighted by atomic mass is 32.2. The second kappa shape index (κ2) is 4.70. The molecule has 2 nitrogen and oxygen atoms in total. The molecule has 0 spiro atoms. The molecular weight excluding hydrogens is 184 g/mol.